The monoisotopic (exact) mass is 301 g/mol. The zero-order valence-electron chi connectivity index (χ0n) is 12.6. The number of nitrogens with zero attached hydrogens (tertiary/aromatic N) is 1. The second-order valence-electron chi connectivity index (χ2n) is 4.64. The molecule has 1 atom stereocenters. The first kappa shape index (κ1) is 15.8. The SMILES string of the molecule is CC[C@@H](N)C(=O)Nc1cccc(Oc2ccc(OC)cc2)n1. The summed E-state index contributed by atoms with van der Waals surface area (Å²) in [6.45, 7) is 1.85. The average molecular weight is 301 g/mol. The van der Waals surface area contributed by atoms with E-state index in [9.17, 15) is 4.79 Å². The predicted octanol–water partition coefficient (Wildman–Crippen LogP) is 2.56. The third-order valence-electron chi connectivity index (χ3n) is 3.03. The maximum Gasteiger partial charge on any atom is 0.242 e. The standard InChI is InChI=1S/C16H19N3O3/c1-3-13(17)16(20)19-14-5-4-6-15(18-14)22-12-9-7-11(21-2)8-10-12/h4-10,13H,3,17H2,1-2H3,(H,18,19,20)/t13-/m1/s1. The number of nitrogens with one attached hydrogen (secondary N) is 1. The van der Waals surface area contributed by atoms with Crippen molar-refractivity contribution in [2.75, 3.05) is 12.4 Å². The van der Waals surface area contributed by atoms with Crippen molar-refractivity contribution in [3.05, 3.63) is 42.5 Å². The van der Waals surface area contributed by atoms with Gasteiger partial charge >= 0.3 is 0 Å². The lowest BCUT2D eigenvalue weighted by Gasteiger charge is -2.11. The van der Waals surface area contributed by atoms with Crippen molar-refractivity contribution in [1.29, 1.82) is 0 Å². The molecule has 2 rings (SSSR count). The summed E-state index contributed by atoms with van der Waals surface area (Å²) in [4.78, 5) is 16.0. The van der Waals surface area contributed by atoms with E-state index < -0.39 is 6.04 Å². The van der Waals surface area contributed by atoms with Crippen LogP contribution in [0.1, 0.15) is 13.3 Å². The summed E-state index contributed by atoms with van der Waals surface area (Å²) in [5.41, 5.74) is 5.67. The van der Waals surface area contributed by atoms with E-state index in [1.807, 2.05) is 6.92 Å². The highest BCUT2D eigenvalue weighted by Gasteiger charge is 2.12. The van der Waals surface area contributed by atoms with Crippen LogP contribution in [0, 0.1) is 0 Å². The summed E-state index contributed by atoms with van der Waals surface area (Å²) < 4.78 is 10.7. The van der Waals surface area contributed by atoms with Gasteiger partial charge in [-0.2, -0.15) is 4.98 Å². The zero-order chi connectivity index (χ0) is 15.9. The summed E-state index contributed by atoms with van der Waals surface area (Å²) in [5.74, 6) is 1.89. The number of carbonyl (C=O) groups is 1. The van der Waals surface area contributed by atoms with Gasteiger partial charge in [-0.05, 0) is 36.8 Å². The number of methoxy groups -OCH3 is 1. The van der Waals surface area contributed by atoms with E-state index in [1.165, 1.54) is 0 Å². The summed E-state index contributed by atoms with van der Waals surface area (Å²) in [6.07, 6.45) is 0.563. The van der Waals surface area contributed by atoms with Gasteiger partial charge in [-0.15, -0.1) is 0 Å². The van der Waals surface area contributed by atoms with E-state index in [2.05, 4.69) is 10.3 Å². The fraction of sp³-hybridized carbons (Fsp3) is 0.250. The Morgan fingerprint density at radius 2 is 1.91 bits per heavy atom. The lowest BCUT2D eigenvalue weighted by Crippen LogP contribution is -2.35. The number of amides is 1. The Balaban J connectivity index is 2.05. The molecule has 1 heterocycles. The number of pyridine rings is 1. The number of ether oxygens (including phenoxy) is 2. The van der Waals surface area contributed by atoms with Crippen molar-refractivity contribution in [2.45, 2.75) is 19.4 Å². The van der Waals surface area contributed by atoms with E-state index in [4.69, 9.17) is 15.2 Å². The molecule has 6 nitrogen and oxygen atoms in total. The molecule has 0 radical (unpaired) electrons. The number of benzene rings is 1. The number of aromatic nitrogens is 1. The van der Waals surface area contributed by atoms with Gasteiger partial charge < -0.3 is 20.5 Å². The van der Waals surface area contributed by atoms with Crippen LogP contribution in [0.3, 0.4) is 0 Å². The van der Waals surface area contributed by atoms with Crippen LogP contribution in [0.4, 0.5) is 5.82 Å². The molecule has 6 heteroatoms. The molecule has 0 aliphatic carbocycles. The highest BCUT2D eigenvalue weighted by atomic mass is 16.5. The van der Waals surface area contributed by atoms with Crippen LogP contribution in [-0.2, 0) is 4.79 Å². The lowest BCUT2D eigenvalue weighted by atomic mass is 10.2. The molecular weight excluding hydrogens is 282 g/mol. The summed E-state index contributed by atoms with van der Waals surface area (Å²) >= 11 is 0. The highest BCUT2D eigenvalue weighted by Crippen LogP contribution is 2.23. The van der Waals surface area contributed by atoms with Crippen LogP contribution >= 0.6 is 0 Å². The van der Waals surface area contributed by atoms with Crippen LogP contribution in [0.25, 0.3) is 0 Å². The topological polar surface area (TPSA) is 86.5 Å². The van der Waals surface area contributed by atoms with Gasteiger partial charge in [0.05, 0.1) is 13.2 Å². The molecule has 1 amide bonds. The minimum absolute atomic E-state index is 0.267. The summed E-state index contributed by atoms with van der Waals surface area (Å²) in [6, 6.07) is 11.7. The minimum Gasteiger partial charge on any atom is -0.497 e. The summed E-state index contributed by atoms with van der Waals surface area (Å²) in [7, 11) is 1.60. The number of anilines is 1. The lowest BCUT2D eigenvalue weighted by molar-refractivity contribution is -0.117. The van der Waals surface area contributed by atoms with Crippen LogP contribution < -0.4 is 20.5 Å². The van der Waals surface area contributed by atoms with Gasteiger partial charge in [0.15, 0.2) is 0 Å². The van der Waals surface area contributed by atoms with Gasteiger partial charge in [0, 0.05) is 6.07 Å². The molecule has 22 heavy (non-hydrogen) atoms. The molecule has 0 unspecified atom stereocenters. The fourth-order valence-corrected chi connectivity index (χ4v) is 1.71. The van der Waals surface area contributed by atoms with Gasteiger partial charge in [-0.1, -0.05) is 13.0 Å². The van der Waals surface area contributed by atoms with Gasteiger partial charge in [-0.3, -0.25) is 4.79 Å². The van der Waals surface area contributed by atoms with Crippen LogP contribution in [0.2, 0.25) is 0 Å². The molecule has 0 spiro atoms. The number of carbonyl (C=O) groups excluding carboxylic acids is 1. The quantitative estimate of drug-likeness (QED) is 0.856. The average Bonchev–Trinajstić information content (AvgIpc) is 2.55. The molecule has 1 aromatic carbocycles. The normalized spacial score (nSPS) is 11.6. The van der Waals surface area contributed by atoms with E-state index in [1.54, 1.807) is 49.6 Å². The van der Waals surface area contributed by atoms with E-state index >= 15 is 0 Å². The number of hydrogen-bond acceptors (Lipinski definition) is 5. The molecule has 0 saturated carbocycles. The second-order valence-corrected chi connectivity index (χ2v) is 4.64. The smallest absolute Gasteiger partial charge is 0.242 e. The first-order chi connectivity index (χ1) is 10.6. The van der Waals surface area contributed by atoms with E-state index in [-0.39, 0.29) is 5.91 Å². The Kier molecular flexibility index (Phi) is 5.32. The van der Waals surface area contributed by atoms with Gasteiger partial charge in [0.25, 0.3) is 0 Å². The second kappa shape index (κ2) is 7.42. The van der Waals surface area contributed by atoms with Crippen LogP contribution in [0.15, 0.2) is 42.5 Å². The first-order valence-corrected chi connectivity index (χ1v) is 6.97. The molecule has 0 bridgehead atoms. The van der Waals surface area contributed by atoms with Crippen molar-refractivity contribution >= 4 is 11.7 Å². The first-order valence-electron chi connectivity index (χ1n) is 6.97. The maximum atomic E-state index is 11.8. The highest BCUT2D eigenvalue weighted by molar-refractivity contribution is 5.93. The van der Waals surface area contributed by atoms with Gasteiger partial charge in [-0.25, -0.2) is 0 Å². The summed E-state index contributed by atoms with van der Waals surface area (Å²) in [5, 5.41) is 2.66. The molecule has 0 aliphatic rings. The van der Waals surface area contributed by atoms with Gasteiger partial charge in [0.1, 0.15) is 17.3 Å². The van der Waals surface area contributed by atoms with E-state index in [0.717, 1.165) is 5.75 Å². The van der Waals surface area contributed by atoms with Gasteiger partial charge in [0.2, 0.25) is 11.8 Å². The Morgan fingerprint density at radius 3 is 2.55 bits per heavy atom. The molecule has 0 aliphatic heterocycles. The molecule has 0 fully saturated rings. The Morgan fingerprint density at radius 1 is 1.23 bits per heavy atom. The van der Waals surface area contributed by atoms with Crippen LogP contribution in [-0.4, -0.2) is 24.0 Å². The maximum absolute atomic E-state index is 11.8. The van der Waals surface area contributed by atoms with Crippen molar-refractivity contribution in [2.24, 2.45) is 5.73 Å². The van der Waals surface area contributed by atoms with Crippen LogP contribution in [0.5, 0.6) is 17.4 Å². The minimum atomic E-state index is -0.548. The van der Waals surface area contributed by atoms with Crippen molar-refractivity contribution in [1.82, 2.24) is 4.98 Å². The largest absolute Gasteiger partial charge is 0.497 e. The molecule has 116 valence electrons. The molecule has 1 aromatic heterocycles. The third-order valence-corrected chi connectivity index (χ3v) is 3.03. The Hall–Kier alpha value is -2.60. The predicted molar refractivity (Wildman–Crippen MR) is 84.2 cm³/mol. The third kappa shape index (κ3) is 4.20. The molecule has 3 N–H and O–H groups in total. The Bertz CT molecular complexity index is 629. The Labute approximate surface area is 129 Å². The van der Waals surface area contributed by atoms with Crippen molar-refractivity contribution < 1.29 is 14.3 Å². The van der Waals surface area contributed by atoms with Crippen molar-refractivity contribution in [3.63, 3.8) is 0 Å². The van der Waals surface area contributed by atoms with Crippen molar-refractivity contribution in [3.8, 4) is 17.4 Å². The number of rotatable bonds is 6. The molecular formula is C16H19N3O3. The zero-order valence-corrected chi connectivity index (χ0v) is 12.6. The molecule has 2 aromatic rings. The molecule has 0 saturated heterocycles. The van der Waals surface area contributed by atoms with E-state index in [0.29, 0.717) is 23.9 Å². The number of nitrogens with two attached hydrogens (primary N) is 1. The fourth-order valence-electron chi connectivity index (χ4n) is 1.71. The number of hydrogen-bond donors (Lipinski definition) is 2.